The number of nitrogens with zero attached hydrogens (tertiary/aromatic N) is 1. The molecule has 1 saturated heterocycles. The third-order valence-corrected chi connectivity index (χ3v) is 3.58. The molecule has 1 aliphatic heterocycles. The fourth-order valence-electron chi connectivity index (χ4n) is 2.28. The maximum absolute atomic E-state index is 9.88. The molecule has 1 fully saturated rings. The lowest BCUT2D eigenvalue weighted by atomic mass is 10.0. The van der Waals surface area contributed by atoms with E-state index in [-0.39, 0.29) is 6.61 Å². The molecule has 0 radical (unpaired) electrons. The standard InChI is InChI=1S/C16H22N2O3/c17-9-13-1-3-16(4-2-13)21-12-15(19)11-18-10-14-5-7-20-8-6-14/h1-4,14-15,18-19H,5-8,10-12H2. The van der Waals surface area contributed by atoms with Gasteiger partial charge in [-0.25, -0.2) is 0 Å². The first-order valence-electron chi connectivity index (χ1n) is 7.37. The number of nitrogens with one attached hydrogen (secondary N) is 1. The maximum Gasteiger partial charge on any atom is 0.119 e. The molecule has 0 aromatic heterocycles. The highest BCUT2D eigenvalue weighted by atomic mass is 16.5. The first kappa shape index (κ1) is 15.8. The van der Waals surface area contributed by atoms with Crippen molar-refractivity contribution in [3.8, 4) is 11.8 Å². The largest absolute Gasteiger partial charge is 0.491 e. The van der Waals surface area contributed by atoms with E-state index in [1.54, 1.807) is 24.3 Å². The van der Waals surface area contributed by atoms with Crippen molar-refractivity contribution in [2.24, 2.45) is 5.92 Å². The van der Waals surface area contributed by atoms with Crippen LogP contribution < -0.4 is 10.1 Å². The van der Waals surface area contributed by atoms with Crippen LogP contribution >= 0.6 is 0 Å². The summed E-state index contributed by atoms with van der Waals surface area (Å²) in [5.41, 5.74) is 0.598. The third-order valence-electron chi connectivity index (χ3n) is 3.58. The summed E-state index contributed by atoms with van der Waals surface area (Å²) in [6.07, 6.45) is 1.64. The van der Waals surface area contributed by atoms with Gasteiger partial charge >= 0.3 is 0 Å². The van der Waals surface area contributed by atoms with E-state index in [9.17, 15) is 5.11 Å². The molecule has 0 bridgehead atoms. The van der Waals surface area contributed by atoms with Crippen molar-refractivity contribution in [2.45, 2.75) is 18.9 Å². The molecular weight excluding hydrogens is 268 g/mol. The molecule has 5 heteroatoms. The minimum absolute atomic E-state index is 0.243. The molecule has 114 valence electrons. The maximum atomic E-state index is 9.88. The molecule has 1 aromatic carbocycles. The minimum Gasteiger partial charge on any atom is -0.491 e. The number of hydrogen-bond acceptors (Lipinski definition) is 5. The molecule has 0 spiro atoms. The molecule has 2 N–H and O–H groups in total. The van der Waals surface area contributed by atoms with Gasteiger partial charge in [0.25, 0.3) is 0 Å². The van der Waals surface area contributed by atoms with Crippen LogP contribution in [0.5, 0.6) is 5.75 Å². The van der Waals surface area contributed by atoms with Crippen molar-refractivity contribution in [1.82, 2.24) is 5.32 Å². The second-order valence-electron chi connectivity index (χ2n) is 5.32. The highest BCUT2D eigenvalue weighted by Crippen LogP contribution is 2.13. The van der Waals surface area contributed by atoms with Gasteiger partial charge in [0.05, 0.1) is 11.6 Å². The van der Waals surface area contributed by atoms with Gasteiger partial charge in [0.1, 0.15) is 18.5 Å². The number of hydrogen-bond donors (Lipinski definition) is 2. The molecule has 1 atom stereocenters. The van der Waals surface area contributed by atoms with Crippen molar-refractivity contribution in [1.29, 1.82) is 5.26 Å². The quantitative estimate of drug-likeness (QED) is 0.792. The van der Waals surface area contributed by atoms with Gasteiger partial charge < -0.3 is 19.9 Å². The van der Waals surface area contributed by atoms with E-state index in [0.29, 0.717) is 23.8 Å². The molecule has 2 rings (SSSR count). The third kappa shape index (κ3) is 5.72. The van der Waals surface area contributed by atoms with Crippen LogP contribution in [0.1, 0.15) is 18.4 Å². The van der Waals surface area contributed by atoms with Crippen LogP contribution in [0, 0.1) is 17.2 Å². The fraction of sp³-hybridized carbons (Fsp3) is 0.562. The number of benzene rings is 1. The van der Waals surface area contributed by atoms with Crippen LogP contribution in [0.2, 0.25) is 0 Å². The van der Waals surface area contributed by atoms with Gasteiger partial charge in [-0.2, -0.15) is 5.26 Å². The predicted octanol–water partition coefficient (Wildman–Crippen LogP) is 1.31. The predicted molar refractivity (Wildman–Crippen MR) is 79.1 cm³/mol. The topological polar surface area (TPSA) is 74.5 Å². The highest BCUT2D eigenvalue weighted by Gasteiger charge is 2.14. The Balaban J connectivity index is 1.60. The average Bonchev–Trinajstić information content (AvgIpc) is 2.54. The average molecular weight is 290 g/mol. The first-order chi connectivity index (χ1) is 10.3. The lowest BCUT2D eigenvalue weighted by molar-refractivity contribution is 0.0630. The van der Waals surface area contributed by atoms with E-state index in [0.717, 1.165) is 32.6 Å². The van der Waals surface area contributed by atoms with Gasteiger partial charge in [-0.15, -0.1) is 0 Å². The number of aliphatic hydroxyl groups excluding tert-OH is 1. The molecule has 0 aliphatic carbocycles. The number of nitriles is 1. The summed E-state index contributed by atoms with van der Waals surface area (Å²) in [5, 5.41) is 21.9. The van der Waals surface area contributed by atoms with E-state index >= 15 is 0 Å². The Bertz CT molecular complexity index is 450. The second-order valence-corrected chi connectivity index (χ2v) is 5.32. The van der Waals surface area contributed by atoms with Gasteiger partial charge in [0.2, 0.25) is 0 Å². The molecule has 5 nitrogen and oxygen atoms in total. The zero-order valence-electron chi connectivity index (χ0n) is 12.1. The summed E-state index contributed by atoms with van der Waals surface area (Å²) in [7, 11) is 0. The Labute approximate surface area is 125 Å². The van der Waals surface area contributed by atoms with Gasteiger partial charge in [-0.1, -0.05) is 0 Å². The lowest BCUT2D eigenvalue weighted by Gasteiger charge is -2.23. The van der Waals surface area contributed by atoms with E-state index in [1.807, 2.05) is 0 Å². The van der Waals surface area contributed by atoms with Crippen LogP contribution in [-0.2, 0) is 4.74 Å². The van der Waals surface area contributed by atoms with E-state index < -0.39 is 6.10 Å². The lowest BCUT2D eigenvalue weighted by Crippen LogP contribution is -2.35. The van der Waals surface area contributed by atoms with Crippen LogP contribution in [0.25, 0.3) is 0 Å². The normalized spacial score (nSPS) is 17.1. The fourth-order valence-corrected chi connectivity index (χ4v) is 2.28. The van der Waals surface area contributed by atoms with Gasteiger partial charge in [-0.05, 0) is 49.6 Å². The Morgan fingerprint density at radius 2 is 2.05 bits per heavy atom. The van der Waals surface area contributed by atoms with Crippen molar-refractivity contribution in [3.05, 3.63) is 29.8 Å². The van der Waals surface area contributed by atoms with Gasteiger partial charge in [0, 0.05) is 19.8 Å². The Hall–Kier alpha value is -1.61. The summed E-state index contributed by atoms with van der Waals surface area (Å²) in [6, 6.07) is 8.93. The van der Waals surface area contributed by atoms with Crippen molar-refractivity contribution < 1.29 is 14.6 Å². The number of ether oxygens (including phenoxy) is 2. The molecule has 1 aliphatic rings. The van der Waals surface area contributed by atoms with E-state index in [2.05, 4.69) is 11.4 Å². The van der Waals surface area contributed by atoms with E-state index in [4.69, 9.17) is 14.7 Å². The minimum atomic E-state index is -0.541. The van der Waals surface area contributed by atoms with Crippen LogP contribution in [0.3, 0.4) is 0 Å². The van der Waals surface area contributed by atoms with Crippen molar-refractivity contribution >= 4 is 0 Å². The molecule has 21 heavy (non-hydrogen) atoms. The van der Waals surface area contributed by atoms with Crippen LogP contribution in [0.4, 0.5) is 0 Å². The second kappa shape index (κ2) is 8.63. The SMILES string of the molecule is N#Cc1ccc(OCC(O)CNCC2CCOCC2)cc1. The first-order valence-corrected chi connectivity index (χ1v) is 7.37. The number of rotatable bonds is 7. The van der Waals surface area contributed by atoms with Crippen LogP contribution in [0.15, 0.2) is 24.3 Å². The van der Waals surface area contributed by atoms with Gasteiger partial charge in [0.15, 0.2) is 0 Å². The molecule has 1 heterocycles. The monoisotopic (exact) mass is 290 g/mol. The smallest absolute Gasteiger partial charge is 0.119 e. The molecule has 1 aromatic rings. The Morgan fingerprint density at radius 3 is 2.71 bits per heavy atom. The Morgan fingerprint density at radius 1 is 1.33 bits per heavy atom. The zero-order valence-corrected chi connectivity index (χ0v) is 12.1. The summed E-state index contributed by atoms with van der Waals surface area (Å²) >= 11 is 0. The number of aliphatic hydroxyl groups is 1. The van der Waals surface area contributed by atoms with E-state index in [1.165, 1.54) is 0 Å². The molecule has 1 unspecified atom stereocenters. The van der Waals surface area contributed by atoms with Crippen molar-refractivity contribution in [2.75, 3.05) is 32.9 Å². The summed E-state index contributed by atoms with van der Waals surface area (Å²) in [6.45, 7) is 3.37. The Kier molecular flexibility index (Phi) is 6.48. The highest BCUT2D eigenvalue weighted by molar-refractivity contribution is 5.34. The molecular formula is C16H22N2O3. The van der Waals surface area contributed by atoms with Crippen LogP contribution in [-0.4, -0.2) is 44.1 Å². The van der Waals surface area contributed by atoms with Gasteiger partial charge in [-0.3, -0.25) is 0 Å². The summed E-state index contributed by atoms with van der Waals surface area (Å²) in [4.78, 5) is 0. The summed E-state index contributed by atoms with van der Waals surface area (Å²) < 4.78 is 10.8. The zero-order chi connectivity index (χ0) is 14.9. The van der Waals surface area contributed by atoms with Crippen molar-refractivity contribution in [3.63, 3.8) is 0 Å². The molecule has 0 saturated carbocycles. The molecule has 0 amide bonds. The summed E-state index contributed by atoms with van der Waals surface area (Å²) in [5.74, 6) is 1.31.